The molecule has 3 heteroatoms. The molecule has 0 rings (SSSR count). The van der Waals surface area contributed by atoms with E-state index in [0.29, 0.717) is 6.54 Å². The van der Waals surface area contributed by atoms with Crippen molar-refractivity contribution in [3.05, 3.63) is 0 Å². The molecular formula is C13H23NO2. The number of unbranched alkanes of at least 4 members (excludes halogenated alkanes) is 2. The maximum Gasteiger partial charge on any atom is 0.410 e. The Morgan fingerprint density at radius 3 is 2.44 bits per heavy atom. The van der Waals surface area contributed by atoms with E-state index in [1.165, 1.54) is 4.90 Å². The molecule has 1 amide bonds. The van der Waals surface area contributed by atoms with E-state index in [9.17, 15) is 4.79 Å². The number of hydrogen-bond acceptors (Lipinski definition) is 2. The van der Waals surface area contributed by atoms with E-state index >= 15 is 0 Å². The zero-order valence-electron chi connectivity index (χ0n) is 11.1. The van der Waals surface area contributed by atoms with Gasteiger partial charge in [0.2, 0.25) is 0 Å². The van der Waals surface area contributed by atoms with Crippen LogP contribution in [-0.2, 0) is 4.74 Å². The Bertz CT molecular complexity index is 268. The number of ether oxygens (including phenoxy) is 1. The standard InChI is InChI=1S/C13H23NO2/c1-6-7-8-9-10-11-14(5)12(15)16-13(2,3)4/h6-8,11H2,1-5H3. The first-order valence-corrected chi connectivity index (χ1v) is 5.76. The Kier molecular flexibility index (Phi) is 6.64. The summed E-state index contributed by atoms with van der Waals surface area (Å²) in [5, 5.41) is 0. The lowest BCUT2D eigenvalue weighted by Gasteiger charge is -2.23. The maximum atomic E-state index is 11.5. The van der Waals surface area contributed by atoms with E-state index in [4.69, 9.17) is 4.74 Å². The third kappa shape index (κ3) is 8.16. The van der Waals surface area contributed by atoms with Crippen LogP contribution in [0.2, 0.25) is 0 Å². The predicted molar refractivity (Wildman–Crippen MR) is 66.2 cm³/mol. The summed E-state index contributed by atoms with van der Waals surface area (Å²) in [6.07, 6.45) is 2.84. The van der Waals surface area contributed by atoms with Gasteiger partial charge in [-0.1, -0.05) is 19.3 Å². The second-order valence-electron chi connectivity index (χ2n) is 4.79. The van der Waals surface area contributed by atoms with Gasteiger partial charge in [-0.2, -0.15) is 0 Å². The number of carbonyl (C=O) groups excluding carboxylic acids is 1. The number of rotatable bonds is 3. The van der Waals surface area contributed by atoms with E-state index < -0.39 is 5.60 Å². The normalized spacial score (nSPS) is 10.3. The molecule has 92 valence electrons. The molecule has 0 heterocycles. The molecule has 0 N–H and O–H groups in total. The minimum atomic E-state index is -0.443. The first kappa shape index (κ1) is 14.8. The van der Waals surface area contributed by atoms with Crippen molar-refractivity contribution in [2.24, 2.45) is 0 Å². The van der Waals surface area contributed by atoms with Crippen LogP contribution < -0.4 is 0 Å². The van der Waals surface area contributed by atoms with Crippen LogP contribution in [0.1, 0.15) is 47.0 Å². The van der Waals surface area contributed by atoms with Crippen LogP contribution in [0.15, 0.2) is 0 Å². The van der Waals surface area contributed by atoms with Crippen LogP contribution >= 0.6 is 0 Å². The molecule has 0 aliphatic rings. The number of hydrogen-bond donors (Lipinski definition) is 0. The summed E-state index contributed by atoms with van der Waals surface area (Å²) >= 11 is 0. The lowest BCUT2D eigenvalue weighted by Crippen LogP contribution is -2.34. The Morgan fingerprint density at radius 2 is 1.94 bits per heavy atom. The van der Waals surface area contributed by atoms with Crippen molar-refractivity contribution in [3.63, 3.8) is 0 Å². The van der Waals surface area contributed by atoms with Crippen molar-refractivity contribution in [1.29, 1.82) is 0 Å². The van der Waals surface area contributed by atoms with E-state index in [-0.39, 0.29) is 6.09 Å². The summed E-state index contributed by atoms with van der Waals surface area (Å²) in [5.41, 5.74) is -0.443. The highest BCUT2D eigenvalue weighted by atomic mass is 16.6. The molecular weight excluding hydrogens is 202 g/mol. The smallest absolute Gasteiger partial charge is 0.410 e. The van der Waals surface area contributed by atoms with E-state index in [1.807, 2.05) is 20.8 Å². The summed E-state index contributed by atoms with van der Waals surface area (Å²) < 4.78 is 5.20. The van der Waals surface area contributed by atoms with Crippen LogP contribution in [-0.4, -0.2) is 30.2 Å². The van der Waals surface area contributed by atoms with Crippen LogP contribution in [0.3, 0.4) is 0 Å². The van der Waals surface area contributed by atoms with Gasteiger partial charge >= 0.3 is 6.09 Å². The molecule has 0 aromatic carbocycles. The van der Waals surface area contributed by atoms with Crippen molar-refractivity contribution in [3.8, 4) is 11.8 Å². The van der Waals surface area contributed by atoms with Crippen LogP contribution in [0.5, 0.6) is 0 Å². The highest BCUT2D eigenvalue weighted by Crippen LogP contribution is 2.08. The minimum Gasteiger partial charge on any atom is -0.444 e. The molecule has 0 bridgehead atoms. The second kappa shape index (κ2) is 7.16. The average Bonchev–Trinajstić information content (AvgIpc) is 2.14. The van der Waals surface area contributed by atoms with Gasteiger partial charge in [-0.05, 0) is 27.2 Å². The lowest BCUT2D eigenvalue weighted by atomic mass is 10.2. The van der Waals surface area contributed by atoms with Crippen LogP contribution in [0, 0.1) is 11.8 Å². The summed E-state index contributed by atoms with van der Waals surface area (Å²) in [4.78, 5) is 13.0. The maximum absolute atomic E-state index is 11.5. The zero-order chi connectivity index (χ0) is 12.6. The van der Waals surface area contributed by atoms with Gasteiger partial charge < -0.3 is 9.64 Å². The van der Waals surface area contributed by atoms with Gasteiger partial charge in [-0.25, -0.2) is 4.79 Å². The third-order valence-electron chi connectivity index (χ3n) is 1.80. The molecule has 0 unspecified atom stereocenters. The fourth-order valence-corrected chi connectivity index (χ4v) is 0.932. The van der Waals surface area contributed by atoms with Crippen LogP contribution in [0.25, 0.3) is 0 Å². The predicted octanol–water partition coefficient (Wildman–Crippen LogP) is 3.05. The Balaban J connectivity index is 3.91. The molecule has 0 radical (unpaired) electrons. The Morgan fingerprint density at radius 1 is 1.31 bits per heavy atom. The van der Waals surface area contributed by atoms with Crippen molar-refractivity contribution in [2.75, 3.05) is 13.6 Å². The number of carbonyl (C=O) groups is 1. The van der Waals surface area contributed by atoms with Crippen molar-refractivity contribution >= 4 is 6.09 Å². The fraction of sp³-hybridized carbons (Fsp3) is 0.769. The van der Waals surface area contributed by atoms with Crippen molar-refractivity contribution < 1.29 is 9.53 Å². The Hall–Kier alpha value is -1.17. The monoisotopic (exact) mass is 225 g/mol. The molecule has 0 spiro atoms. The molecule has 0 aliphatic heterocycles. The fourth-order valence-electron chi connectivity index (χ4n) is 0.932. The number of amides is 1. The topological polar surface area (TPSA) is 29.5 Å². The third-order valence-corrected chi connectivity index (χ3v) is 1.80. The first-order chi connectivity index (χ1) is 7.37. The minimum absolute atomic E-state index is 0.322. The molecule has 0 saturated heterocycles. The van der Waals surface area contributed by atoms with Gasteiger partial charge in [0.05, 0.1) is 6.54 Å². The largest absolute Gasteiger partial charge is 0.444 e. The lowest BCUT2D eigenvalue weighted by molar-refractivity contribution is 0.0321. The summed E-state index contributed by atoms with van der Waals surface area (Å²) in [6, 6.07) is 0. The highest BCUT2D eigenvalue weighted by Gasteiger charge is 2.18. The molecule has 0 aromatic rings. The molecule has 16 heavy (non-hydrogen) atoms. The zero-order valence-corrected chi connectivity index (χ0v) is 11.1. The van der Waals surface area contributed by atoms with Gasteiger partial charge in [0.1, 0.15) is 5.60 Å². The van der Waals surface area contributed by atoms with E-state index in [0.717, 1.165) is 19.3 Å². The summed E-state index contributed by atoms with van der Waals surface area (Å²) in [7, 11) is 1.70. The van der Waals surface area contributed by atoms with E-state index in [1.54, 1.807) is 7.05 Å². The molecule has 0 fully saturated rings. The molecule has 0 aromatic heterocycles. The number of nitrogens with zero attached hydrogens (tertiary/aromatic N) is 1. The highest BCUT2D eigenvalue weighted by molar-refractivity contribution is 5.68. The van der Waals surface area contributed by atoms with Crippen molar-refractivity contribution in [2.45, 2.75) is 52.6 Å². The molecule has 0 saturated carbocycles. The van der Waals surface area contributed by atoms with Crippen molar-refractivity contribution in [1.82, 2.24) is 4.90 Å². The molecule has 0 atom stereocenters. The first-order valence-electron chi connectivity index (χ1n) is 5.76. The van der Waals surface area contributed by atoms with Crippen LogP contribution in [0.4, 0.5) is 4.79 Å². The van der Waals surface area contributed by atoms with Gasteiger partial charge in [-0.3, -0.25) is 0 Å². The Labute approximate surface area is 99.2 Å². The summed E-state index contributed by atoms with van der Waals surface area (Å²) in [5.74, 6) is 6.00. The molecule has 0 aliphatic carbocycles. The van der Waals surface area contributed by atoms with Gasteiger partial charge in [0.25, 0.3) is 0 Å². The quantitative estimate of drug-likeness (QED) is 0.546. The molecule has 3 nitrogen and oxygen atoms in total. The van der Waals surface area contributed by atoms with E-state index in [2.05, 4.69) is 18.8 Å². The summed E-state index contributed by atoms with van der Waals surface area (Å²) in [6.45, 7) is 8.12. The van der Waals surface area contributed by atoms with Gasteiger partial charge in [0.15, 0.2) is 0 Å². The average molecular weight is 225 g/mol. The van der Waals surface area contributed by atoms with Gasteiger partial charge in [0, 0.05) is 13.5 Å². The second-order valence-corrected chi connectivity index (χ2v) is 4.79. The SMILES string of the molecule is CCCCC#CCN(C)C(=O)OC(C)(C)C. The van der Waals surface area contributed by atoms with Gasteiger partial charge in [-0.15, -0.1) is 5.92 Å².